The molecule has 1 aliphatic rings. The topological polar surface area (TPSA) is 84.3 Å². The average Bonchev–Trinajstić information content (AvgIpc) is 2.63. The highest BCUT2D eigenvalue weighted by Gasteiger charge is 2.19. The Balaban J connectivity index is 1.89. The molecule has 0 atom stereocenters. The first-order chi connectivity index (χ1) is 7.66. The van der Waals surface area contributed by atoms with Gasteiger partial charge in [0.25, 0.3) is 5.91 Å². The van der Waals surface area contributed by atoms with Crippen LogP contribution in [0.3, 0.4) is 0 Å². The summed E-state index contributed by atoms with van der Waals surface area (Å²) < 4.78 is 0. The van der Waals surface area contributed by atoms with Gasteiger partial charge >= 0.3 is 5.00 Å². The van der Waals surface area contributed by atoms with Crippen molar-refractivity contribution in [3.05, 3.63) is 27.1 Å². The highest BCUT2D eigenvalue weighted by atomic mass is 32.1. The third-order valence-electron chi connectivity index (χ3n) is 2.45. The zero-order chi connectivity index (χ0) is 11.5. The second-order valence-corrected chi connectivity index (χ2v) is 4.55. The molecule has 0 aliphatic carbocycles. The lowest BCUT2D eigenvalue weighted by molar-refractivity contribution is -0.380. The van der Waals surface area contributed by atoms with E-state index in [-0.39, 0.29) is 10.9 Å². The number of amides is 1. The fourth-order valence-corrected chi connectivity index (χ4v) is 2.08. The van der Waals surface area contributed by atoms with E-state index in [0.29, 0.717) is 18.0 Å². The van der Waals surface area contributed by atoms with Crippen LogP contribution >= 0.6 is 11.3 Å². The minimum atomic E-state index is -0.489. The summed E-state index contributed by atoms with van der Waals surface area (Å²) in [7, 11) is 0. The van der Waals surface area contributed by atoms with E-state index in [4.69, 9.17) is 0 Å². The van der Waals surface area contributed by atoms with E-state index in [9.17, 15) is 14.9 Å². The molecule has 0 saturated carbocycles. The summed E-state index contributed by atoms with van der Waals surface area (Å²) in [6.07, 6.45) is 0. The Morgan fingerprint density at radius 1 is 1.69 bits per heavy atom. The van der Waals surface area contributed by atoms with E-state index in [1.165, 1.54) is 11.4 Å². The molecule has 1 aromatic heterocycles. The molecular formula is C9H11N3O3S. The molecule has 1 saturated heterocycles. The van der Waals surface area contributed by atoms with Crippen LogP contribution in [-0.2, 0) is 0 Å². The number of carbonyl (C=O) groups excluding carboxylic acids is 1. The maximum Gasteiger partial charge on any atom is 0.324 e. The Bertz CT molecular complexity index is 414. The van der Waals surface area contributed by atoms with Crippen LogP contribution in [0.2, 0.25) is 0 Å². The molecule has 0 bridgehead atoms. The molecule has 0 aromatic carbocycles. The molecule has 1 aromatic rings. The summed E-state index contributed by atoms with van der Waals surface area (Å²) in [6, 6.07) is 1.30. The first-order valence-electron chi connectivity index (χ1n) is 4.88. The predicted octanol–water partition coefficient (Wildman–Crippen LogP) is 0.606. The summed E-state index contributed by atoms with van der Waals surface area (Å²) in [4.78, 5) is 21.5. The van der Waals surface area contributed by atoms with Crippen LogP contribution in [0.5, 0.6) is 0 Å². The van der Waals surface area contributed by atoms with Crippen molar-refractivity contribution in [1.29, 1.82) is 0 Å². The van der Waals surface area contributed by atoms with Crippen molar-refractivity contribution >= 4 is 22.2 Å². The Hall–Kier alpha value is -1.47. The first-order valence-corrected chi connectivity index (χ1v) is 5.76. The van der Waals surface area contributed by atoms with Gasteiger partial charge in [0, 0.05) is 37.0 Å². The summed E-state index contributed by atoms with van der Waals surface area (Å²) >= 11 is 0.968. The average molecular weight is 241 g/mol. The molecule has 1 fully saturated rings. The van der Waals surface area contributed by atoms with Gasteiger partial charge in [0.05, 0.1) is 10.5 Å². The lowest BCUT2D eigenvalue weighted by Gasteiger charge is -2.26. The maximum atomic E-state index is 11.6. The summed E-state index contributed by atoms with van der Waals surface area (Å²) in [5.74, 6) is 0.244. The smallest absolute Gasteiger partial charge is 0.324 e. The second-order valence-electron chi connectivity index (χ2n) is 3.67. The molecule has 86 valence electrons. The molecule has 2 rings (SSSR count). The fourth-order valence-electron chi connectivity index (χ4n) is 1.37. The molecule has 16 heavy (non-hydrogen) atoms. The van der Waals surface area contributed by atoms with Gasteiger partial charge in [-0.2, -0.15) is 0 Å². The van der Waals surface area contributed by atoms with E-state index < -0.39 is 4.92 Å². The SMILES string of the molecule is O=C(NCC1CNC1)c1csc([N+](=O)[O-])c1. The zero-order valence-corrected chi connectivity index (χ0v) is 9.25. The van der Waals surface area contributed by atoms with Crippen LogP contribution in [-0.4, -0.2) is 30.5 Å². The Morgan fingerprint density at radius 3 is 2.94 bits per heavy atom. The fraction of sp³-hybridized carbons (Fsp3) is 0.444. The zero-order valence-electron chi connectivity index (χ0n) is 8.43. The maximum absolute atomic E-state index is 11.6. The molecule has 1 amide bonds. The van der Waals surface area contributed by atoms with Gasteiger partial charge in [-0.05, 0) is 0 Å². The van der Waals surface area contributed by atoms with Gasteiger partial charge in [0.15, 0.2) is 0 Å². The first kappa shape index (κ1) is 11.0. The van der Waals surface area contributed by atoms with Gasteiger partial charge in [-0.3, -0.25) is 14.9 Å². The molecule has 0 spiro atoms. The van der Waals surface area contributed by atoms with Crippen LogP contribution < -0.4 is 10.6 Å². The van der Waals surface area contributed by atoms with Crippen LogP contribution in [0.1, 0.15) is 10.4 Å². The minimum Gasteiger partial charge on any atom is -0.352 e. The van der Waals surface area contributed by atoms with Crippen molar-refractivity contribution in [2.45, 2.75) is 0 Å². The third-order valence-corrected chi connectivity index (χ3v) is 3.33. The van der Waals surface area contributed by atoms with E-state index in [1.54, 1.807) is 0 Å². The Morgan fingerprint density at radius 2 is 2.44 bits per heavy atom. The van der Waals surface area contributed by atoms with Gasteiger partial charge in [0.2, 0.25) is 0 Å². The number of nitro groups is 1. The molecule has 2 heterocycles. The molecule has 0 radical (unpaired) electrons. The monoisotopic (exact) mass is 241 g/mol. The Kier molecular flexibility index (Phi) is 3.16. The molecule has 2 N–H and O–H groups in total. The van der Waals surface area contributed by atoms with Crippen molar-refractivity contribution in [1.82, 2.24) is 10.6 Å². The summed E-state index contributed by atoms with van der Waals surface area (Å²) in [6.45, 7) is 2.46. The lowest BCUT2D eigenvalue weighted by Crippen LogP contribution is -2.48. The molecule has 6 nitrogen and oxygen atoms in total. The van der Waals surface area contributed by atoms with Gasteiger partial charge in [-0.15, -0.1) is 0 Å². The van der Waals surface area contributed by atoms with Gasteiger partial charge in [-0.1, -0.05) is 11.3 Å². The van der Waals surface area contributed by atoms with E-state index >= 15 is 0 Å². The van der Waals surface area contributed by atoms with Crippen molar-refractivity contribution in [3.8, 4) is 0 Å². The second kappa shape index (κ2) is 4.58. The van der Waals surface area contributed by atoms with Crippen molar-refractivity contribution in [3.63, 3.8) is 0 Å². The largest absolute Gasteiger partial charge is 0.352 e. The van der Waals surface area contributed by atoms with Crippen molar-refractivity contribution < 1.29 is 9.72 Å². The summed E-state index contributed by atoms with van der Waals surface area (Å²) in [5, 5.41) is 17.8. The number of thiophene rings is 1. The van der Waals surface area contributed by atoms with E-state index in [0.717, 1.165) is 24.4 Å². The Labute approximate surface area is 95.8 Å². The standard InChI is InChI=1S/C9H11N3O3S/c13-9(11-4-6-2-10-3-6)7-1-8(12(14)15)16-5-7/h1,5-6,10H,2-4H2,(H,11,13). The van der Waals surface area contributed by atoms with Gasteiger partial charge in [0.1, 0.15) is 0 Å². The third kappa shape index (κ3) is 2.37. The van der Waals surface area contributed by atoms with Crippen molar-refractivity contribution in [2.75, 3.05) is 19.6 Å². The minimum absolute atomic E-state index is 0.00420. The number of rotatable bonds is 4. The number of nitrogens with one attached hydrogen (secondary N) is 2. The highest BCUT2D eigenvalue weighted by molar-refractivity contribution is 7.13. The quantitative estimate of drug-likeness (QED) is 0.597. The lowest BCUT2D eigenvalue weighted by atomic mass is 10.0. The van der Waals surface area contributed by atoms with Crippen LogP contribution in [0.25, 0.3) is 0 Å². The van der Waals surface area contributed by atoms with Gasteiger partial charge in [-0.25, -0.2) is 0 Å². The molecular weight excluding hydrogens is 230 g/mol. The van der Waals surface area contributed by atoms with Crippen LogP contribution in [0, 0.1) is 16.0 Å². The molecule has 1 aliphatic heterocycles. The highest BCUT2D eigenvalue weighted by Crippen LogP contribution is 2.22. The number of hydrogen-bond donors (Lipinski definition) is 2. The number of hydrogen-bond acceptors (Lipinski definition) is 5. The van der Waals surface area contributed by atoms with Crippen molar-refractivity contribution in [2.24, 2.45) is 5.92 Å². The van der Waals surface area contributed by atoms with E-state index in [2.05, 4.69) is 10.6 Å². The number of carbonyl (C=O) groups is 1. The summed E-state index contributed by atoms with van der Waals surface area (Å²) in [5.41, 5.74) is 0.365. The predicted molar refractivity (Wildman–Crippen MR) is 59.7 cm³/mol. The number of nitrogens with zero attached hydrogens (tertiary/aromatic N) is 1. The van der Waals surface area contributed by atoms with Crippen LogP contribution in [0.4, 0.5) is 5.00 Å². The van der Waals surface area contributed by atoms with E-state index in [1.807, 2.05) is 0 Å². The molecule has 7 heteroatoms. The van der Waals surface area contributed by atoms with Crippen LogP contribution in [0.15, 0.2) is 11.4 Å². The molecule has 0 unspecified atom stereocenters. The normalized spacial score (nSPS) is 15.5. The van der Waals surface area contributed by atoms with Gasteiger partial charge < -0.3 is 10.6 Å².